The van der Waals surface area contributed by atoms with Crippen molar-refractivity contribution in [3.8, 4) is 5.75 Å². The van der Waals surface area contributed by atoms with Gasteiger partial charge in [0.05, 0.1) is 38.9 Å². The number of carbonyl (C=O) groups is 2. The SMILES string of the molecule is CNC(=O)CC1(COC)CN(C(=O)c2cc(F)ccc2OC)CCO1. The van der Waals surface area contributed by atoms with Gasteiger partial charge in [-0.1, -0.05) is 0 Å². The molecule has 0 saturated carbocycles. The lowest BCUT2D eigenvalue weighted by Crippen LogP contribution is -2.57. The van der Waals surface area contributed by atoms with Crippen LogP contribution >= 0.6 is 0 Å². The number of methoxy groups -OCH3 is 2. The number of halogens is 1. The summed E-state index contributed by atoms with van der Waals surface area (Å²) in [5.74, 6) is -0.820. The van der Waals surface area contributed by atoms with E-state index in [9.17, 15) is 14.0 Å². The minimum atomic E-state index is -0.941. The number of amides is 2. The van der Waals surface area contributed by atoms with E-state index in [1.807, 2.05) is 0 Å². The highest BCUT2D eigenvalue weighted by Crippen LogP contribution is 2.27. The highest BCUT2D eigenvalue weighted by atomic mass is 19.1. The molecule has 1 unspecified atom stereocenters. The van der Waals surface area contributed by atoms with Crippen LogP contribution in [0.3, 0.4) is 0 Å². The molecule has 1 heterocycles. The first-order chi connectivity index (χ1) is 11.9. The minimum absolute atomic E-state index is 0.0570. The topological polar surface area (TPSA) is 77.1 Å². The molecule has 1 atom stereocenters. The molecule has 1 saturated heterocycles. The number of carbonyl (C=O) groups excluding carboxylic acids is 2. The van der Waals surface area contributed by atoms with Crippen molar-refractivity contribution in [2.45, 2.75) is 12.0 Å². The van der Waals surface area contributed by atoms with Crippen LogP contribution in [0.5, 0.6) is 5.75 Å². The summed E-state index contributed by atoms with van der Waals surface area (Å²) in [5, 5.41) is 2.55. The van der Waals surface area contributed by atoms with Crippen molar-refractivity contribution in [3.05, 3.63) is 29.6 Å². The van der Waals surface area contributed by atoms with E-state index in [1.165, 1.54) is 38.3 Å². The van der Waals surface area contributed by atoms with Gasteiger partial charge in [0.2, 0.25) is 5.91 Å². The molecule has 0 bridgehead atoms. The standard InChI is InChI=1S/C17H23FN2O5/c1-19-15(21)9-17(11-23-2)10-20(6-7-25-17)16(22)13-8-12(18)4-5-14(13)24-3/h4-5,8H,6-7,9-11H2,1-3H3,(H,19,21). The molecule has 0 aliphatic carbocycles. The van der Waals surface area contributed by atoms with E-state index in [1.54, 1.807) is 0 Å². The Morgan fingerprint density at radius 2 is 2.16 bits per heavy atom. The van der Waals surface area contributed by atoms with Crippen LogP contribution in [-0.2, 0) is 14.3 Å². The second kappa shape index (κ2) is 8.26. The lowest BCUT2D eigenvalue weighted by molar-refractivity contribution is -0.150. The zero-order valence-electron chi connectivity index (χ0n) is 14.6. The number of benzene rings is 1. The molecule has 0 spiro atoms. The maximum absolute atomic E-state index is 13.6. The third kappa shape index (κ3) is 4.46. The third-order valence-electron chi connectivity index (χ3n) is 4.10. The van der Waals surface area contributed by atoms with Gasteiger partial charge in [-0.25, -0.2) is 4.39 Å². The van der Waals surface area contributed by atoms with Crippen LogP contribution in [0.2, 0.25) is 0 Å². The van der Waals surface area contributed by atoms with Gasteiger partial charge in [-0.3, -0.25) is 9.59 Å². The van der Waals surface area contributed by atoms with Gasteiger partial charge in [0.25, 0.3) is 5.91 Å². The fraction of sp³-hybridized carbons (Fsp3) is 0.529. The van der Waals surface area contributed by atoms with Crippen LogP contribution in [0.25, 0.3) is 0 Å². The number of hydrogen-bond donors (Lipinski definition) is 1. The number of hydrogen-bond acceptors (Lipinski definition) is 5. The Morgan fingerprint density at radius 3 is 2.80 bits per heavy atom. The van der Waals surface area contributed by atoms with E-state index in [2.05, 4.69) is 5.32 Å². The quantitative estimate of drug-likeness (QED) is 0.819. The van der Waals surface area contributed by atoms with Gasteiger partial charge in [-0.15, -0.1) is 0 Å². The fourth-order valence-electron chi connectivity index (χ4n) is 2.93. The van der Waals surface area contributed by atoms with Gasteiger partial charge in [-0.2, -0.15) is 0 Å². The maximum atomic E-state index is 13.6. The molecular formula is C17H23FN2O5. The van der Waals surface area contributed by atoms with E-state index in [4.69, 9.17) is 14.2 Å². The van der Waals surface area contributed by atoms with Crippen LogP contribution in [-0.4, -0.2) is 69.9 Å². The molecule has 138 valence electrons. The van der Waals surface area contributed by atoms with Crippen molar-refractivity contribution in [1.82, 2.24) is 10.2 Å². The molecule has 1 aromatic carbocycles. The van der Waals surface area contributed by atoms with Gasteiger partial charge in [0.1, 0.15) is 17.2 Å². The van der Waals surface area contributed by atoms with Crippen LogP contribution in [0.1, 0.15) is 16.8 Å². The van der Waals surface area contributed by atoms with Gasteiger partial charge in [0, 0.05) is 20.7 Å². The average molecular weight is 354 g/mol. The molecule has 7 nitrogen and oxygen atoms in total. The molecule has 1 fully saturated rings. The Hall–Kier alpha value is -2.19. The summed E-state index contributed by atoms with van der Waals surface area (Å²) in [6, 6.07) is 3.79. The smallest absolute Gasteiger partial charge is 0.257 e. The molecule has 25 heavy (non-hydrogen) atoms. The highest BCUT2D eigenvalue weighted by molar-refractivity contribution is 5.97. The lowest BCUT2D eigenvalue weighted by atomic mass is 9.96. The Bertz CT molecular complexity index is 635. The highest BCUT2D eigenvalue weighted by Gasteiger charge is 2.41. The number of rotatable bonds is 6. The van der Waals surface area contributed by atoms with Gasteiger partial charge in [0.15, 0.2) is 0 Å². The zero-order chi connectivity index (χ0) is 18.4. The monoisotopic (exact) mass is 354 g/mol. The zero-order valence-corrected chi connectivity index (χ0v) is 14.6. The molecule has 8 heteroatoms. The summed E-state index contributed by atoms with van der Waals surface area (Å²) in [7, 11) is 4.46. The summed E-state index contributed by atoms with van der Waals surface area (Å²) >= 11 is 0. The van der Waals surface area contributed by atoms with E-state index in [0.29, 0.717) is 12.3 Å². The summed E-state index contributed by atoms with van der Waals surface area (Å²) < 4.78 is 29.7. The van der Waals surface area contributed by atoms with E-state index in [-0.39, 0.29) is 43.6 Å². The Labute approximate surface area is 146 Å². The molecule has 1 aliphatic rings. The number of nitrogens with zero attached hydrogens (tertiary/aromatic N) is 1. The third-order valence-corrected chi connectivity index (χ3v) is 4.10. The molecule has 2 amide bonds. The lowest BCUT2D eigenvalue weighted by Gasteiger charge is -2.42. The maximum Gasteiger partial charge on any atom is 0.257 e. The van der Waals surface area contributed by atoms with Crippen molar-refractivity contribution in [1.29, 1.82) is 0 Å². The summed E-state index contributed by atoms with van der Waals surface area (Å²) in [6.07, 6.45) is 0.0570. The normalized spacial score (nSPS) is 20.2. The fourth-order valence-corrected chi connectivity index (χ4v) is 2.93. The van der Waals surface area contributed by atoms with Crippen molar-refractivity contribution < 1.29 is 28.2 Å². The second-order valence-corrected chi connectivity index (χ2v) is 5.89. The average Bonchev–Trinajstić information content (AvgIpc) is 2.61. The van der Waals surface area contributed by atoms with Crippen LogP contribution in [0, 0.1) is 5.82 Å². The van der Waals surface area contributed by atoms with Crippen molar-refractivity contribution >= 4 is 11.8 Å². The van der Waals surface area contributed by atoms with E-state index in [0.717, 1.165) is 6.07 Å². The molecule has 1 N–H and O–H groups in total. The number of ether oxygens (including phenoxy) is 3. The second-order valence-electron chi connectivity index (χ2n) is 5.89. The number of nitrogens with one attached hydrogen (secondary N) is 1. The summed E-state index contributed by atoms with van der Waals surface area (Å²) in [4.78, 5) is 26.2. The van der Waals surface area contributed by atoms with Crippen LogP contribution < -0.4 is 10.1 Å². The minimum Gasteiger partial charge on any atom is -0.496 e. The first kappa shape index (κ1) is 19.1. The molecule has 1 aromatic rings. The first-order valence-electron chi connectivity index (χ1n) is 7.91. The first-order valence-corrected chi connectivity index (χ1v) is 7.91. The molecule has 1 aliphatic heterocycles. The molecule has 0 aromatic heterocycles. The number of morpholine rings is 1. The van der Waals surface area contributed by atoms with E-state index < -0.39 is 11.4 Å². The summed E-state index contributed by atoms with van der Waals surface area (Å²) in [5.41, 5.74) is -0.806. The van der Waals surface area contributed by atoms with Crippen molar-refractivity contribution in [3.63, 3.8) is 0 Å². The van der Waals surface area contributed by atoms with E-state index >= 15 is 0 Å². The van der Waals surface area contributed by atoms with Crippen molar-refractivity contribution in [2.24, 2.45) is 0 Å². The summed E-state index contributed by atoms with van der Waals surface area (Å²) in [6.45, 7) is 0.901. The van der Waals surface area contributed by atoms with Crippen LogP contribution in [0.4, 0.5) is 4.39 Å². The Morgan fingerprint density at radius 1 is 1.40 bits per heavy atom. The predicted molar refractivity (Wildman–Crippen MR) is 88.1 cm³/mol. The molecular weight excluding hydrogens is 331 g/mol. The Balaban J connectivity index is 2.25. The molecule has 0 radical (unpaired) electrons. The van der Waals surface area contributed by atoms with Crippen LogP contribution in [0.15, 0.2) is 18.2 Å². The van der Waals surface area contributed by atoms with Crippen molar-refractivity contribution in [2.75, 3.05) is 47.6 Å². The molecule has 2 rings (SSSR count). The Kier molecular flexibility index (Phi) is 6.33. The van der Waals surface area contributed by atoms with Gasteiger partial charge in [-0.05, 0) is 18.2 Å². The van der Waals surface area contributed by atoms with Gasteiger partial charge >= 0.3 is 0 Å². The largest absolute Gasteiger partial charge is 0.496 e. The van der Waals surface area contributed by atoms with Gasteiger partial charge < -0.3 is 24.4 Å². The predicted octanol–water partition coefficient (Wildman–Crippen LogP) is 0.828.